The SMILES string of the molecule is Cc1ccc([C@@H]2CN(CCO)C(=O)C2CC(=O)Cc2ccc(F)cc2)cc1. The lowest BCUT2D eigenvalue weighted by Gasteiger charge is -2.17. The Morgan fingerprint density at radius 3 is 2.44 bits per heavy atom. The molecule has 5 heteroatoms. The summed E-state index contributed by atoms with van der Waals surface area (Å²) < 4.78 is 13.0. The summed E-state index contributed by atoms with van der Waals surface area (Å²) in [7, 11) is 0. The fraction of sp³-hybridized carbons (Fsp3) is 0.364. The van der Waals surface area contributed by atoms with Gasteiger partial charge in [0.05, 0.1) is 12.5 Å². The topological polar surface area (TPSA) is 57.6 Å². The van der Waals surface area contributed by atoms with E-state index in [-0.39, 0.29) is 49.4 Å². The van der Waals surface area contributed by atoms with Gasteiger partial charge in [-0.3, -0.25) is 9.59 Å². The number of hydrogen-bond acceptors (Lipinski definition) is 3. The molecule has 2 atom stereocenters. The second-order valence-corrected chi connectivity index (χ2v) is 7.18. The third-order valence-electron chi connectivity index (χ3n) is 5.17. The van der Waals surface area contributed by atoms with Gasteiger partial charge in [-0.1, -0.05) is 42.0 Å². The van der Waals surface area contributed by atoms with E-state index in [1.54, 1.807) is 17.0 Å². The summed E-state index contributed by atoms with van der Waals surface area (Å²) in [5.74, 6) is -0.949. The molecule has 2 aromatic rings. The molecule has 0 spiro atoms. The molecule has 142 valence electrons. The molecule has 0 bridgehead atoms. The number of benzene rings is 2. The van der Waals surface area contributed by atoms with E-state index in [4.69, 9.17) is 0 Å². The van der Waals surface area contributed by atoms with Gasteiger partial charge in [0, 0.05) is 31.8 Å². The van der Waals surface area contributed by atoms with Crippen molar-refractivity contribution in [2.45, 2.75) is 25.7 Å². The average Bonchev–Trinajstić information content (AvgIpc) is 2.94. The molecule has 0 aliphatic carbocycles. The maximum Gasteiger partial charge on any atom is 0.226 e. The number of carbonyl (C=O) groups is 2. The van der Waals surface area contributed by atoms with Gasteiger partial charge in [-0.25, -0.2) is 4.39 Å². The van der Waals surface area contributed by atoms with Crippen LogP contribution in [-0.2, 0) is 16.0 Å². The first-order chi connectivity index (χ1) is 13.0. The monoisotopic (exact) mass is 369 g/mol. The Morgan fingerprint density at radius 1 is 1.15 bits per heavy atom. The molecule has 1 N–H and O–H groups in total. The Balaban J connectivity index is 1.76. The number of ketones is 1. The van der Waals surface area contributed by atoms with Gasteiger partial charge in [-0.2, -0.15) is 0 Å². The third-order valence-corrected chi connectivity index (χ3v) is 5.17. The highest BCUT2D eigenvalue weighted by atomic mass is 19.1. The Labute approximate surface area is 158 Å². The molecule has 1 aliphatic rings. The van der Waals surface area contributed by atoms with Crippen molar-refractivity contribution in [3.05, 3.63) is 71.0 Å². The number of aliphatic hydroxyl groups is 1. The fourth-order valence-corrected chi connectivity index (χ4v) is 3.71. The van der Waals surface area contributed by atoms with Crippen LogP contribution in [0.3, 0.4) is 0 Å². The van der Waals surface area contributed by atoms with Crippen molar-refractivity contribution >= 4 is 11.7 Å². The van der Waals surface area contributed by atoms with Crippen molar-refractivity contribution in [3.63, 3.8) is 0 Å². The molecule has 1 fully saturated rings. The van der Waals surface area contributed by atoms with Gasteiger partial charge in [-0.05, 0) is 30.2 Å². The highest BCUT2D eigenvalue weighted by Crippen LogP contribution is 2.36. The van der Waals surface area contributed by atoms with Crippen LogP contribution in [-0.4, -0.2) is 41.4 Å². The summed E-state index contributed by atoms with van der Waals surface area (Å²) >= 11 is 0. The van der Waals surface area contributed by atoms with Crippen molar-refractivity contribution in [2.75, 3.05) is 19.7 Å². The molecule has 1 aliphatic heterocycles. The van der Waals surface area contributed by atoms with E-state index in [1.807, 2.05) is 31.2 Å². The van der Waals surface area contributed by atoms with Gasteiger partial charge in [-0.15, -0.1) is 0 Å². The van der Waals surface area contributed by atoms with Crippen LogP contribution in [0.25, 0.3) is 0 Å². The Morgan fingerprint density at radius 2 is 1.81 bits per heavy atom. The first-order valence-corrected chi connectivity index (χ1v) is 9.20. The summed E-state index contributed by atoms with van der Waals surface area (Å²) in [4.78, 5) is 27.0. The number of hydrogen-bond donors (Lipinski definition) is 1. The number of carbonyl (C=O) groups excluding carboxylic acids is 2. The minimum absolute atomic E-state index is 0.0390. The molecule has 4 nitrogen and oxygen atoms in total. The van der Waals surface area contributed by atoms with Crippen LogP contribution < -0.4 is 0 Å². The van der Waals surface area contributed by atoms with E-state index >= 15 is 0 Å². The molecular formula is C22H24FNO3. The minimum atomic E-state index is -0.424. The highest BCUT2D eigenvalue weighted by molar-refractivity contribution is 5.90. The third kappa shape index (κ3) is 4.61. The Bertz CT molecular complexity index is 801. The normalized spacial score (nSPS) is 19.5. The van der Waals surface area contributed by atoms with Gasteiger partial charge >= 0.3 is 0 Å². The first-order valence-electron chi connectivity index (χ1n) is 9.20. The van der Waals surface area contributed by atoms with Gasteiger partial charge in [0.25, 0.3) is 0 Å². The molecule has 27 heavy (non-hydrogen) atoms. The van der Waals surface area contributed by atoms with E-state index in [2.05, 4.69) is 0 Å². The Kier molecular flexibility index (Phi) is 6.01. The predicted molar refractivity (Wildman–Crippen MR) is 101 cm³/mol. The molecule has 2 aromatic carbocycles. The Hall–Kier alpha value is -2.53. The zero-order valence-corrected chi connectivity index (χ0v) is 15.4. The maximum atomic E-state index is 13.0. The summed E-state index contributed by atoms with van der Waals surface area (Å²) in [5.41, 5.74) is 2.92. The van der Waals surface area contributed by atoms with Gasteiger partial charge in [0.15, 0.2) is 0 Å². The average molecular weight is 369 g/mol. The molecule has 1 heterocycles. The van der Waals surface area contributed by atoms with Gasteiger partial charge in [0.1, 0.15) is 11.6 Å². The van der Waals surface area contributed by atoms with Crippen LogP contribution in [0, 0.1) is 18.7 Å². The van der Waals surface area contributed by atoms with E-state index < -0.39 is 5.92 Å². The van der Waals surface area contributed by atoms with E-state index in [9.17, 15) is 19.1 Å². The molecule has 0 radical (unpaired) electrons. The van der Waals surface area contributed by atoms with Crippen molar-refractivity contribution in [2.24, 2.45) is 5.92 Å². The van der Waals surface area contributed by atoms with Crippen molar-refractivity contribution in [1.82, 2.24) is 4.90 Å². The lowest BCUT2D eigenvalue weighted by atomic mass is 9.84. The number of aryl methyl sites for hydroxylation is 1. The number of aliphatic hydroxyl groups excluding tert-OH is 1. The largest absolute Gasteiger partial charge is 0.395 e. The number of β-amino-alcohol motifs (C(OH)–C–C–N with tert-alkyl or cyclic N) is 1. The van der Waals surface area contributed by atoms with Crippen LogP contribution in [0.5, 0.6) is 0 Å². The summed E-state index contributed by atoms with van der Waals surface area (Å²) in [6.07, 6.45) is 0.335. The smallest absolute Gasteiger partial charge is 0.226 e. The van der Waals surface area contributed by atoms with Crippen LogP contribution in [0.1, 0.15) is 29.0 Å². The lowest BCUT2D eigenvalue weighted by Crippen LogP contribution is -2.30. The first kappa shape index (κ1) is 19.2. The summed E-state index contributed by atoms with van der Waals surface area (Å²) in [5, 5.41) is 9.23. The number of likely N-dealkylation sites (tertiary alicyclic amines) is 1. The standard InChI is InChI=1S/C22H24FNO3/c1-15-2-6-17(7-3-15)21-14-24(10-11-25)22(27)20(21)13-19(26)12-16-4-8-18(23)9-5-16/h2-9,20-21,25H,10-14H2,1H3/t20?,21-/m0/s1. The zero-order valence-electron chi connectivity index (χ0n) is 15.4. The van der Waals surface area contributed by atoms with E-state index in [0.29, 0.717) is 6.54 Å². The van der Waals surface area contributed by atoms with Crippen LogP contribution in [0.2, 0.25) is 0 Å². The molecule has 1 unspecified atom stereocenters. The van der Waals surface area contributed by atoms with Crippen LogP contribution in [0.4, 0.5) is 4.39 Å². The van der Waals surface area contributed by atoms with E-state index in [0.717, 1.165) is 16.7 Å². The number of nitrogens with zero attached hydrogens (tertiary/aromatic N) is 1. The molecule has 1 saturated heterocycles. The van der Waals surface area contributed by atoms with Gasteiger partial charge in [0.2, 0.25) is 5.91 Å². The lowest BCUT2D eigenvalue weighted by molar-refractivity contribution is -0.134. The van der Waals surface area contributed by atoms with Crippen molar-refractivity contribution in [1.29, 1.82) is 0 Å². The zero-order chi connectivity index (χ0) is 19.4. The second-order valence-electron chi connectivity index (χ2n) is 7.18. The van der Waals surface area contributed by atoms with Gasteiger partial charge < -0.3 is 10.0 Å². The number of rotatable bonds is 7. The molecule has 0 aromatic heterocycles. The summed E-state index contributed by atoms with van der Waals surface area (Å²) in [6, 6.07) is 13.9. The molecule has 3 rings (SSSR count). The quantitative estimate of drug-likeness (QED) is 0.816. The second kappa shape index (κ2) is 8.44. The molecular weight excluding hydrogens is 345 g/mol. The van der Waals surface area contributed by atoms with Crippen molar-refractivity contribution in [3.8, 4) is 0 Å². The van der Waals surface area contributed by atoms with Crippen LogP contribution in [0.15, 0.2) is 48.5 Å². The molecule has 0 saturated carbocycles. The maximum absolute atomic E-state index is 13.0. The van der Waals surface area contributed by atoms with Crippen LogP contribution >= 0.6 is 0 Å². The predicted octanol–water partition coefficient (Wildman–Crippen LogP) is 2.87. The number of Topliss-reactive ketones (excluding diaryl/α,β-unsaturated/α-hetero) is 1. The fourth-order valence-electron chi connectivity index (χ4n) is 3.71. The number of halogens is 1. The minimum Gasteiger partial charge on any atom is -0.395 e. The summed E-state index contributed by atoms with van der Waals surface area (Å²) in [6.45, 7) is 2.70. The number of amides is 1. The van der Waals surface area contributed by atoms with E-state index in [1.165, 1.54) is 12.1 Å². The highest BCUT2D eigenvalue weighted by Gasteiger charge is 2.41. The van der Waals surface area contributed by atoms with Crippen molar-refractivity contribution < 1.29 is 19.1 Å². The molecule has 1 amide bonds.